The minimum absolute atomic E-state index is 0.202. The Hall–Kier alpha value is -2.57. The average Bonchev–Trinajstić information content (AvgIpc) is 2.54. The lowest BCUT2D eigenvalue weighted by Gasteiger charge is -2.34. The normalized spacial score (nSPS) is 14.2. The molecule has 1 N–H and O–H groups in total. The highest BCUT2D eigenvalue weighted by Crippen LogP contribution is 2.14. The Kier molecular flexibility index (Phi) is 6.38. The molecule has 0 bridgehead atoms. The number of nitrogens with one attached hydrogen (secondary N) is 1. The van der Waals surface area contributed by atoms with E-state index in [-0.39, 0.29) is 24.3 Å². The van der Waals surface area contributed by atoms with Gasteiger partial charge in [-0.3, -0.25) is 9.59 Å². The van der Waals surface area contributed by atoms with Crippen molar-refractivity contribution in [3.8, 4) is 0 Å². The number of anilines is 1. The van der Waals surface area contributed by atoms with Gasteiger partial charge in [-0.15, -0.1) is 0 Å². The lowest BCUT2D eigenvalue weighted by molar-refractivity contribution is -0.135. The van der Waals surface area contributed by atoms with Gasteiger partial charge in [0.1, 0.15) is 6.42 Å². The quantitative estimate of drug-likeness (QED) is 0.844. The van der Waals surface area contributed by atoms with Crippen LogP contribution in [0.3, 0.4) is 0 Å². The van der Waals surface area contributed by atoms with Gasteiger partial charge in [-0.05, 0) is 44.0 Å². The average molecular weight is 347 g/mol. The van der Waals surface area contributed by atoms with Crippen LogP contribution >= 0.6 is 0 Å². The van der Waals surface area contributed by atoms with E-state index in [4.69, 9.17) is 4.74 Å². The summed E-state index contributed by atoms with van der Waals surface area (Å²) < 4.78 is 4.95. The Morgan fingerprint density at radius 2 is 1.56 bits per heavy atom. The van der Waals surface area contributed by atoms with Crippen LogP contribution in [0, 0.1) is 13.8 Å². The van der Waals surface area contributed by atoms with Crippen molar-refractivity contribution in [2.45, 2.75) is 27.2 Å². The first-order valence-corrected chi connectivity index (χ1v) is 8.46. The van der Waals surface area contributed by atoms with Crippen molar-refractivity contribution in [2.75, 3.05) is 38.1 Å². The highest BCUT2D eigenvalue weighted by molar-refractivity contribution is 6.03. The number of carbonyl (C=O) groups excluding carboxylic acids is 3. The third kappa shape index (κ3) is 5.48. The van der Waals surface area contributed by atoms with E-state index in [9.17, 15) is 14.4 Å². The van der Waals surface area contributed by atoms with Crippen molar-refractivity contribution in [2.24, 2.45) is 0 Å². The second-order valence-electron chi connectivity index (χ2n) is 6.17. The molecule has 0 aromatic heterocycles. The Morgan fingerprint density at radius 1 is 1.00 bits per heavy atom. The molecule has 1 heterocycles. The number of piperazine rings is 1. The molecular weight excluding hydrogens is 322 g/mol. The van der Waals surface area contributed by atoms with Gasteiger partial charge in [-0.25, -0.2) is 4.79 Å². The van der Waals surface area contributed by atoms with Crippen molar-refractivity contribution in [3.63, 3.8) is 0 Å². The molecule has 1 aromatic rings. The molecule has 136 valence electrons. The SMILES string of the molecule is CCOC(=O)N1CCN(C(=O)CC(=O)Nc2cc(C)cc(C)c2)CC1. The number of benzene rings is 1. The zero-order valence-electron chi connectivity index (χ0n) is 15.0. The summed E-state index contributed by atoms with van der Waals surface area (Å²) in [6.45, 7) is 7.66. The second-order valence-corrected chi connectivity index (χ2v) is 6.17. The molecule has 0 aliphatic carbocycles. The summed E-state index contributed by atoms with van der Waals surface area (Å²) >= 11 is 0. The molecule has 1 aliphatic heterocycles. The maximum Gasteiger partial charge on any atom is 0.409 e. The van der Waals surface area contributed by atoms with Crippen molar-refractivity contribution in [1.29, 1.82) is 0 Å². The van der Waals surface area contributed by atoms with Crippen LogP contribution in [-0.4, -0.2) is 60.5 Å². The lowest BCUT2D eigenvalue weighted by Crippen LogP contribution is -2.51. The smallest absolute Gasteiger partial charge is 0.409 e. The molecule has 0 unspecified atom stereocenters. The third-order valence-electron chi connectivity index (χ3n) is 3.98. The number of nitrogens with zero attached hydrogens (tertiary/aromatic N) is 2. The number of ether oxygens (including phenoxy) is 1. The molecule has 0 atom stereocenters. The molecule has 0 radical (unpaired) electrons. The van der Waals surface area contributed by atoms with Gasteiger partial charge in [0.2, 0.25) is 11.8 Å². The first-order valence-electron chi connectivity index (χ1n) is 8.46. The van der Waals surface area contributed by atoms with Crippen LogP contribution in [0.25, 0.3) is 0 Å². The number of hydrogen-bond donors (Lipinski definition) is 1. The number of aryl methyl sites for hydroxylation is 2. The van der Waals surface area contributed by atoms with E-state index >= 15 is 0 Å². The molecule has 3 amide bonds. The number of amides is 3. The fourth-order valence-corrected chi connectivity index (χ4v) is 2.85. The van der Waals surface area contributed by atoms with Crippen LogP contribution in [0.1, 0.15) is 24.5 Å². The van der Waals surface area contributed by atoms with Gasteiger partial charge >= 0.3 is 6.09 Å². The molecule has 1 aromatic carbocycles. The van der Waals surface area contributed by atoms with Crippen LogP contribution in [0.5, 0.6) is 0 Å². The van der Waals surface area contributed by atoms with Gasteiger partial charge in [0.05, 0.1) is 6.61 Å². The van der Waals surface area contributed by atoms with Crippen molar-refractivity contribution in [1.82, 2.24) is 9.80 Å². The van der Waals surface area contributed by atoms with Crippen molar-refractivity contribution >= 4 is 23.6 Å². The standard InChI is InChI=1S/C18H25N3O4/c1-4-25-18(24)21-7-5-20(6-8-21)17(23)12-16(22)19-15-10-13(2)9-14(3)11-15/h9-11H,4-8,12H2,1-3H3,(H,19,22). The van der Waals surface area contributed by atoms with Crippen LogP contribution < -0.4 is 5.32 Å². The second kappa shape index (κ2) is 8.50. The number of hydrogen-bond acceptors (Lipinski definition) is 4. The largest absolute Gasteiger partial charge is 0.450 e. The van der Waals surface area contributed by atoms with Gasteiger partial charge in [0, 0.05) is 31.9 Å². The summed E-state index contributed by atoms with van der Waals surface area (Å²) in [7, 11) is 0. The first-order chi connectivity index (χ1) is 11.9. The van der Waals surface area contributed by atoms with Gasteiger partial charge < -0.3 is 19.9 Å². The summed E-state index contributed by atoms with van der Waals surface area (Å²) in [5.74, 6) is -0.562. The van der Waals surface area contributed by atoms with Gasteiger partial charge in [-0.2, -0.15) is 0 Å². The van der Waals surface area contributed by atoms with E-state index in [2.05, 4.69) is 5.32 Å². The molecule has 7 heteroatoms. The van der Waals surface area contributed by atoms with Crippen molar-refractivity contribution in [3.05, 3.63) is 29.3 Å². The highest BCUT2D eigenvalue weighted by atomic mass is 16.6. The zero-order valence-corrected chi connectivity index (χ0v) is 15.0. The van der Waals surface area contributed by atoms with E-state index in [1.165, 1.54) is 0 Å². The molecule has 7 nitrogen and oxygen atoms in total. The van der Waals surface area contributed by atoms with Gasteiger partial charge in [0.25, 0.3) is 0 Å². The molecule has 1 fully saturated rings. The number of rotatable bonds is 4. The predicted molar refractivity (Wildman–Crippen MR) is 94.3 cm³/mol. The molecule has 1 aliphatic rings. The van der Waals surface area contributed by atoms with Crippen molar-refractivity contribution < 1.29 is 19.1 Å². The Morgan fingerprint density at radius 3 is 2.12 bits per heavy atom. The van der Waals surface area contributed by atoms with Crippen LogP contribution in [0.2, 0.25) is 0 Å². The molecular formula is C18H25N3O4. The molecule has 2 rings (SSSR count). The third-order valence-corrected chi connectivity index (χ3v) is 3.98. The maximum absolute atomic E-state index is 12.3. The Labute approximate surface area is 147 Å². The Balaban J connectivity index is 1.82. The van der Waals surface area contributed by atoms with E-state index < -0.39 is 0 Å². The lowest BCUT2D eigenvalue weighted by atomic mass is 10.1. The monoisotopic (exact) mass is 347 g/mol. The summed E-state index contributed by atoms with van der Waals surface area (Å²) in [6.07, 6.45) is -0.561. The maximum atomic E-state index is 12.3. The Bertz CT molecular complexity index is 631. The number of carbonyl (C=O) groups is 3. The highest BCUT2D eigenvalue weighted by Gasteiger charge is 2.25. The fraction of sp³-hybridized carbons (Fsp3) is 0.500. The molecule has 0 saturated carbocycles. The minimum atomic E-state index is -0.359. The summed E-state index contributed by atoms with van der Waals surface area (Å²) in [5.41, 5.74) is 2.80. The van der Waals surface area contributed by atoms with E-state index in [0.717, 1.165) is 11.1 Å². The minimum Gasteiger partial charge on any atom is -0.450 e. The van der Waals surface area contributed by atoms with E-state index in [1.807, 2.05) is 32.0 Å². The summed E-state index contributed by atoms with van der Waals surface area (Å²) in [4.78, 5) is 39.2. The van der Waals surface area contributed by atoms with Crippen LogP contribution in [-0.2, 0) is 14.3 Å². The van der Waals surface area contributed by atoms with Crippen LogP contribution in [0.4, 0.5) is 10.5 Å². The van der Waals surface area contributed by atoms with Gasteiger partial charge in [0.15, 0.2) is 0 Å². The van der Waals surface area contributed by atoms with Crippen LogP contribution in [0.15, 0.2) is 18.2 Å². The zero-order chi connectivity index (χ0) is 18.4. The summed E-state index contributed by atoms with van der Waals surface area (Å²) in [6, 6.07) is 5.75. The predicted octanol–water partition coefficient (Wildman–Crippen LogP) is 1.93. The molecule has 25 heavy (non-hydrogen) atoms. The van der Waals surface area contributed by atoms with Gasteiger partial charge in [-0.1, -0.05) is 6.07 Å². The first kappa shape index (κ1) is 18.8. The summed E-state index contributed by atoms with van der Waals surface area (Å²) in [5, 5.41) is 2.77. The fourth-order valence-electron chi connectivity index (χ4n) is 2.85. The van der Waals surface area contributed by atoms with E-state index in [1.54, 1.807) is 16.7 Å². The molecule has 0 spiro atoms. The molecule has 1 saturated heterocycles. The van der Waals surface area contributed by atoms with E-state index in [0.29, 0.717) is 38.5 Å². The topological polar surface area (TPSA) is 79.0 Å².